The van der Waals surface area contributed by atoms with Crippen LogP contribution >= 0.6 is 0 Å². The number of nitrogens with zero attached hydrogens (tertiary/aromatic N) is 2. The molecule has 1 aromatic rings. The number of aryl methyl sites for hydroxylation is 1. The Labute approximate surface area is 196 Å². The normalized spacial score (nSPS) is 18.2. The molecule has 5 nitrogen and oxygen atoms in total. The number of rotatable bonds is 12. The van der Waals surface area contributed by atoms with Crippen LogP contribution in [-0.2, 0) is 11.2 Å². The maximum absolute atomic E-state index is 12.3. The van der Waals surface area contributed by atoms with Gasteiger partial charge < -0.3 is 15.1 Å². The molecule has 0 saturated carbocycles. The van der Waals surface area contributed by atoms with Crippen LogP contribution in [0.2, 0.25) is 0 Å². The first-order valence-corrected chi connectivity index (χ1v) is 12.9. The third-order valence-corrected chi connectivity index (χ3v) is 7.23. The Hall–Kier alpha value is -1.65. The minimum Gasteiger partial charge on any atom is -0.494 e. The molecular formula is C27H48N2O3. The van der Waals surface area contributed by atoms with Gasteiger partial charge in [0.2, 0.25) is 5.91 Å². The fourth-order valence-corrected chi connectivity index (χ4v) is 6.16. The first kappa shape index (κ1) is 26.6. The van der Waals surface area contributed by atoms with Crippen LogP contribution in [0.25, 0.3) is 0 Å². The molecule has 32 heavy (non-hydrogen) atoms. The lowest BCUT2D eigenvalue weighted by molar-refractivity contribution is -0.148. The van der Waals surface area contributed by atoms with E-state index in [2.05, 4.69) is 34.6 Å². The predicted octanol–water partition coefficient (Wildman–Crippen LogP) is 7.10. The second kappa shape index (κ2) is 11.5. The van der Waals surface area contributed by atoms with Gasteiger partial charge in [-0.15, -0.1) is 0 Å². The molecule has 1 fully saturated rings. The van der Waals surface area contributed by atoms with Gasteiger partial charge in [-0.05, 0) is 53.4 Å². The number of hydrogen-bond donors (Lipinski definition) is 2. The van der Waals surface area contributed by atoms with Gasteiger partial charge in [0.1, 0.15) is 0 Å². The molecule has 0 spiro atoms. The highest BCUT2D eigenvalue weighted by atomic mass is 16.3. The smallest absolute Gasteiger partial charge is 0.220 e. The van der Waals surface area contributed by atoms with Crippen LogP contribution in [0.5, 0.6) is 11.8 Å². The van der Waals surface area contributed by atoms with Crippen molar-refractivity contribution in [1.82, 2.24) is 9.47 Å². The molecular weight excluding hydrogens is 400 g/mol. The number of aromatic hydroxyl groups is 2. The summed E-state index contributed by atoms with van der Waals surface area (Å²) in [5, 5.41) is 21.6. The van der Waals surface area contributed by atoms with Crippen molar-refractivity contribution >= 4 is 5.91 Å². The highest BCUT2D eigenvalue weighted by Gasteiger charge is 2.47. The summed E-state index contributed by atoms with van der Waals surface area (Å²) in [5.41, 5.74) is 0.141. The molecule has 0 bridgehead atoms. The van der Waals surface area contributed by atoms with Gasteiger partial charge in [-0.3, -0.25) is 9.36 Å². The summed E-state index contributed by atoms with van der Waals surface area (Å²) >= 11 is 0. The number of hydrogen-bond acceptors (Lipinski definition) is 3. The topological polar surface area (TPSA) is 65.7 Å². The van der Waals surface area contributed by atoms with Crippen molar-refractivity contribution in [3.05, 3.63) is 11.6 Å². The molecule has 0 atom stereocenters. The van der Waals surface area contributed by atoms with Gasteiger partial charge in [-0.1, -0.05) is 64.7 Å². The summed E-state index contributed by atoms with van der Waals surface area (Å²) in [4.78, 5) is 14.3. The van der Waals surface area contributed by atoms with E-state index in [9.17, 15) is 15.0 Å². The van der Waals surface area contributed by atoms with E-state index >= 15 is 0 Å². The van der Waals surface area contributed by atoms with Crippen molar-refractivity contribution < 1.29 is 15.0 Å². The fraction of sp³-hybridized carbons (Fsp3) is 0.815. The van der Waals surface area contributed by atoms with Crippen molar-refractivity contribution in [3.8, 4) is 11.8 Å². The average Bonchev–Trinajstić information content (AvgIpc) is 2.94. The molecule has 0 radical (unpaired) electrons. The molecule has 5 heteroatoms. The molecule has 2 N–H and O–H groups in total. The second-order valence-electron chi connectivity index (χ2n) is 11.2. The van der Waals surface area contributed by atoms with Gasteiger partial charge >= 0.3 is 0 Å². The first-order chi connectivity index (χ1) is 15.0. The van der Waals surface area contributed by atoms with E-state index < -0.39 is 0 Å². The Morgan fingerprint density at radius 1 is 0.906 bits per heavy atom. The summed E-state index contributed by atoms with van der Waals surface area (Å²) in [5.74, 6) is 0.407. The number of aromatic nitrogens is 1. The third-order valence-electron chi connectivity index (χ3n) is 7.23. The molecule has 2 heterocycles. The standard InChI is InChI=1S/C27H48N2O3/c1-7-8-9-10-11-12-13-14-15-16-17-22-18-24(31)28(25(22)32)23-19-26(3,4)29(21(2)30)27(5,6)20-23/h18,23,31-32H,7-17,19-20H2,1-6H3. The van der Waals surface area contributed by atoms with Crippen molar-refractivity contribution in [2.75, 3.05) is 0 Å². The molecule has 1 aromatic heterocycles. The number of carbonyl (C=O) groups excluding carboxylic acids is 1. The number of likely N-dealkylation sites (tertiary alicyclic amines) is 1. The van der Waals surface area contributed by atoms with Crippen LogP contribution in [0.15, 0.2) is 6.07 Å². The Kier molecular flexibility index (Phi) is 9.53. The zero-order valence-corrected chi connectivity index (χ0v) is 21.5. The predicted molar refractivity (Wildman–Crippen MR) is 132 cm³/mol. The summed E-state index contributed by atoms with van der Waals surface area (Å²) in [6.45, 7) is 12.2. The molecule has 184 valence electrons. The molecule has 1 amide bonds. The minimum absolute atomic E-state index is 0.0444. The Bertz CT molecular complexity index is 718. The largest absolute Gasteiger partial charge is 0.494 e. The maximum atomic E-state index is 12.3. The van der Waals surface area contributed by atoms with Crippen LogP contribution in [-0.4, -0.2) is 36.7 Å². The van der Waals surface area contributed by atoms with E-state index in [4.69, 9.17) is 0 Å². The molecule has 0 unspecified atom stereocenters. The number of unbranched alkanes of at least 4 members (excludes halogenated alkanes) is 9. The van der Waals surface area contributed by atoms with E-state index in [1.54, 1.807) is 17.6 Å². The van der Waals surface area contributed by atoms with Crippen LogP contribution in [0.1, 0.15) is 130 Å². The highest BCUT2D eigenvalue weighted by molar-refractivity contribution is 5.75. The average molecular weight is 449 g/mol. The van der Waals surface area contributed by atoms with Gasteiger partial charge in [0, 0.05) is 35.7 Å². The SMILES string of the molecule is CCCCCCCCCCCCc1cc(O)n(C2CC(C)(C)N(C(C)=O)C(C)(C)C2)c1O. The van der Waals surface area contributed by atoms with Gasteiger partial charge in [-0.2, -0.15) is 0 Å². The zero-order chi connectivity index (χ0) is 23.9. The summed E-state index contributed by atoms with van der Waals surface area (Å²) in [6.07, 6.45) is 15.0. The first-order valence-electron chi connectivity index (χ1n) is 12.9. The van der Waals surface area contributed by atoms with Crippen molar-refractivity contribution in [2.45, 2.75) is 142 Å². The minimum atomic E-state index is -0.349. The highest BCUT2D eigenvalue weighted by Crippen LogP contribution is 2.47. The molecule has 1 saturated heterocycles. The van der Waals surface area contributed by atoms with E-state index in [0.717, 1.165) is 24.8 Å². The van der Waals surface area contributed by atoms with Gasteiger partial charge in [-0.25, -0.2) is 0 Å². The fourth-order valence-electron chi connectivity index (χ4n) is 6.16. The lowest BCUT2D eigenvalue weighted by atomic mass is 9.76. The van der Waals surface area contributed by atoms with Crippen LogP contribution in [0.3, 0.4) is 0 Å². The van der Waals surface area contributed by atoms with E-state index in [1.807, 2.05) is 4.90 Å². The summed E-state index contributed by atoms with van der Waals surface area (Å²) in [6, 6.07) is 1.69. The van der Waals surface area contributed by atoms with Crippen molar-refractivity contribution in [3.63, 3.8) is 0 Å². The van der Waals surface area contributed by atoms with E-state index in [0.29, 0.717) is 12.8 Å². The van der Waals surface area contributed by atoms with Crippen molar-refractivity contribution in [2.24, 2.45) is 0 Å². The number of piperidine rings is 1. The molecule has 0 aliphatic carbocycles. The van der Waals surface area contributed by atoms with Crippen LogP contribution in [0.4, 0.5) is 0 Å². The third kappa shape index (κ3) is 6.68. The molecule has 1 aliphatic heterocycles. The van der Waals surface area contributed by atoms with Crippen LogP contribution in [0, 0.1) is 0 Å². The van der Waals surface area contributed by atoms with Gasteiger partial charge in [0.25, 0.3) is 0 Å². The van der Waals surface area contributed by atoms with Gasteiger partial charge in [0.15, 0.2) is 11.8 Å². The number of amides is 1. The molecule has 2 rings (SSSR count). The van der Waals surface area contributed by atoms with Crippen molar-refractivity contribution in [1.29, 1.82) is 0 Å². The second-order valence-corrected chi connectivity index (χ2v) is 11.2. The Morgan fingerprint density at radius 2 is 1.38 bits per heavy atom. The van der Waals surface area contributed by atoms with Crippen LogP contribution < -0.4 is 0 Å². The lowest BCUT2D eigenvalue weighted by Crippen LogP contribution is -2.62. The number of carbonyl (C=O) groups is 1. The van der Waals surface area contributed by atoms with E-state index in [-0.39, 0.29) is 34.8 Å². The Balaban J connectivity index is 1.90. The maximum Gasteiger partial charge on any atom is 0.220 e. The Morgan fingerprint density at radius 3 is 1.84 bits per heavy atom. The summed E-state index contributed by atoms with van der Waals surface area (Å²) in [7, 11) is 0. The van der Waals surface area contributed by atoms with E-state index in [1.165, 1.54) is 51.4 Å². The zero-order valence-electron chi connectivity index (χ0n) is 21.5. The quantitative estimate of drug-likeness (QED) is 0.335. The monoisotopic (exact) mass is 448 g/mol. The van der Waals surface area contributed by atoms with Gasteiger partial charge in [0.05, 0.1) is 0 Å². The molecule has 1 aliphatic rings. The summed E-state index contributed by atoms with van der Waals surface area (Å²) < 4.78 is 1.70. The lowest BCUT2D eigenvalue weighted by Gasteiger charge is -2.55. The molecule has 0 aromatic carbocycles.